The summed E-state index contributed by atoms with van der Waals surface area (Å²) in [6, 6.07) is 0. The molecular formula is C13H25NO3. The van der Waals surface area contributed by atoms with Gasteiger partial charge in [0.15, 0.2) is 0 Å². The van der Waals surface area contributed by atoms with Crippen LogP contribution >= 0.6 is 0 Å². The number of methoxy groups -OCH3 is 1. The molecule has 1 amide bonds. The Labute approximate surface area is 104 Å². The van der Waals surface area contributed by atoms with Crippen LogP contribution in [0.3, 0.4) is 0 Å². The summed E-state index contributed by atoms with van der Waals surface area (Å²) in [6.45, 7) is 7.44. The molecule has 17 heavy (non-hydrogen) atoms. The third kappa shape index (κ3) is 7.77. The van der Waals surface area contributed by atoms with Crippen LogP contribution in [0.15, 0.2) is 0 Å². The van der Waals surface area contributed by atoms with Crippen LogP contribution < -0.4 is 0 Å². The molecule has 0 aliphatic carbocycles. The van der Waals surface area contributed by atoms with Gasteiger partial charge >= 0.3 is 5.97 Å². The van der Waals surface area contributed by atoms with Gasteiger partial charge in [-0.15, -0.1) is 0 Å². The van der Waals surface area contributed by atoms with Gasteiger partial charge in [0.25, 0.3) is 0 Å². The lowest BCUT2D eigenvalue weighted by molar-refractivity contribution is -0.141. The van der Waals surface area contributed by atoms with Gasteiger partial charge in [-0.25, -0.2) is 0 Å². The minimum atomic E-state index is -0.260. The molecule has 0 fully saturated rings. The maximum atomic E-state index is 11.8. The number of esters is 1. The van der Waals surface area contributed by atoms with Crippen LogP contribution in [0.4, 0.5) is 0 Å². The molecule has 100 valence electrons. The molecule has 0 aliphatic heterocycles. The predicted molar refractivity (Wildman–Crippen MR) is 67.6 cm³/mol. The van der Waals surface area contributed by atoms with Crippen LogP contribution in [0.2, 0.25) is 0 Å². The zero-order valence-electron chi connectivity index (χ0n) is 11.5. The Hall–Kier alpha value is -1.06. The van der Waals surface area contributed by atoms with E-state index in [1.807, 2.05) is 6.92 Å². The van der Waals surface area contributed by atoms with E-state index in [1.165, 1.54) is 7.11 Å². The van der Waals surface area contributed by atoms with Crippen LogP contribution in [0.5, 0.6) is 0 Å². The number of ether oxygens (including phenoxy) is 1. The predicted octanol–water partition coefficient (Wildman–Crippen LogP) is 2.22. The van der Waals surface area contributed by atoms with E-state index in [4.69, 9.17) is 0 Å². The molecule has 0 saturated carbocycles. The van der Waals surface area contributed by atoms with Gasteiger partial charge in [-0.3, -0.25) is 9.59 Å². The van der Waals surface area contributed by atoms with Gasteiger partial charge in [-0.2, -0.15) is 0 Å². The van der Waals surface area contributed by atoms with Crippen LogP contribution in [-0.2, 0) is 14.3 Å². The first kappa shape index (κ1) is 15.9. The van der Waals surface area contributed by atoms with Gasteiger partial charge in [-0.05, 0) is 18.8 Å². The molecule has 0 N–H and O–H groups in total. The van der Waals surface area contributed by atoms with Crippen molar-refractivity contribution in [2.24, 2.45) is 5.92 Å². The first-order chi connectivity index (χ1) is 8.01. The van der Waals surface area contributed by atoms with Crippen molar-refractivity contribution in [1.82, 2.24) is 4.90 Å². The average molecular weight is 243 g/mol. The Balaban J connectivity index is 4.19. The molecule has 0 aliphatic rings. The van der Waals surface area contributed by atoms with Crippen molar-refractivity contribution >= 4 is 11.9 Å². The van der Waals surface area contributed by atoms with Gasteiger partial charge in [0.1, 0.15) is 0 Å². The van der Waals surface area contributed by atoms with Crippen LogP contribution in [-0.4, -0.2) is 37.0 Å². The quantitative estimate of drug-likeness (QED) is 0.614. The number of carbonyl (C=O) groups is 2. The van der Waals surface area contributed by atoms with E-state index >= 15 is 0 Å². The van der Waals surface area contributed by atoms with E-state index < -0.39 is 0 Å². The average Bonchev–Trinajstić information content (AvgIpc) is 2.28. The molecule has 0 saturated heterocycles. The Morgan fingerprint density at radius 1 is 1.18 bits per heavy atom. The third-order valence-electron chi connectivity index (χ3n) is 2.61. The second kappa shape index (κ2) is 9.02. The summed E-state index contributed by atoms with van der Waals surface area (Å²) in [5.41, 5.74) is 0. The molecule has 4 heteroatoms. The van der Waals surface area contributed by atoms with E-state index in [-0.39, 0.29) is 18.3 Å². The van der Waals surface area contributed by atoms with E-state index in [2.05, 4.69) is 18.6 Å². The molecule has 0 aromatic rings. The second-order valence-corrected chi connectivity index (χ2v) is 4.64. The number of nitrogens with zero attached hydrogens (tertiary/aromatic N) is 1. The fourth-order valence-corrected chi connectivity index (χ4v) is 1.48. The first-order valence-corrected chi connectivity index (χ1v) is 6.35. The van der Waals surface area contributed by atoms with Crippen molar-refractivity contribution in [3.63, 3.8) is 0 Å². The minimum Gasteiger partial charge on any atom is -0.469 e. The lowest BCUT2D eigenvalue weighted by Crippen LogP contribution is -2.34. The van der Waals surface area contributed by atoms with E-state index in [0.29, 0.717) is 18.9 Å². The molecule has 0 atom stereocenters. The lowest BCUT2D eigenvalue weighted by atomic mass is 10.1. The summed E-state index contributed by atoms with van der Waals surface area (Å²) in [6.07, 6.45) is 2.65. The van der Waals surface area contributed by atoms with Crippen LogP contribution in [0, 0.1) is 5.92 Å². The fourth-order valence-electron chi connectivity index (χ4n) is 1.48. The SMILES string of the molecule is CCCC(=O)N(CCC(=O)OC)CCC(C)C. The maximum absolute atomic E-state index is 11.8. The molecule has 0 heterocycles. The number of hydrogen-bond donors (Lipinski definition) is 0. The van der Waals surface area contributed by atoms with Crippen molar-refractivity contribution in [2.75, 3.05) is 20.2 Å². The number of amides is 1. The lowest BCUT2D eigenvalue weighted by Gasteiger charge is -2.23. The van der Waals surface area contributed by atoms with Crippen LogP contribution in [0.25, 0.3) is 0 Å². The van der Waals surface area contributed by atoms with Crippen molar-refractivity contribution < 1.29 is 14.3 Å². The van der Waals surface area contributed by atoms with Gasteiger partial charge < -0.3 is 9.64 Å². The van der Waals surface area contributed by atoms with Crippen LogP contribution in [0.1, 0.15) is 46.5 Å². The second-order valence-electron chi connectivity index (χ2n) is 4.64. The van der Waals surface area contributed by atoms with Crippen molar-refractivity contribution in [1.29, 1.82) is 0 Å². The smallest absolute Gasteiger partial charge is 0.307 e. The third-order valence-corrected chi connectivity index (χ3v) is 2.61. The van der Waals surface area contributed by atoms with Crippen molar-refractivity contribution in [3.05, 3.63) is 0 Å². The Kier molecular flexibility index (Phi) is 8.46. The maximum Gasteiger partial charge on any atom is 0.307 e. The van der Waals surface area contributed by atoms with Crippen molar-refractivity contribution in [3.8, 4) is 0 Å². The molecule has 0 rings (SSSR count). The highest BCUT2D eigenvalue weighted by Gasteiger charge is 2.14. The number of hydrogen-bond acceptors (Lipinski definition) is 3. The summed E-state index contributed by atoms with van der Waals surface area (Å²) in [5, 5.41) is 0. The number of carbonyl (C=O) groups excluding carboxylic acids is 2. The van der Waals surface area contributed by atoms with E-state index in [9.17, 15) is 9.59 Å². The molecule has 0 bridgehead atoms. The molecule has 0 spiro atoms. The highest BCUT2D eigenvalue weighted by Crippen LogP contribution is 2.06. The van der Waals surface area contributed by atoms with Gasteiger partial charge in [0, 0.05) is 19.5 Å². The van der Waals surface area contributed by atoms with E-state index in [0.717, 1.165) is 19.4 Å². The van der Waals surface area contributed by atoms with Crippen molar-refractivity contribution in [2.45, 2.75) is 46.5 Å². The molecular weight excluding hydrogens is 218 g/mol. The normalized spacial score (nSPS) is 10.4. The molecule has 0 aromatic heterocycles. The highest BCUT2D eigenvalue weighted by molar-refractivity contribution is 5.77. The topological polar surface area (TPSA) is 46.6 Å². The summed E-state index contributed by atoms with van der Waals surface area (Å²) in [4.78, 5) is 24.7. The Bertz CT molecular complexity index is 239. The molecule has 0 aromatic carbocycles. The summed E-state index contributed by atoms with van der Waals surface area (Å²) >= 11 is 0. The largest absolute Gasteiger partial charge is 0.469 e. The number of rotatable bonds is 8. The highest BCUT2D eigenvalue weighted by atomic mass is 16.5. The Morgan fingerprint density at radius 2 is 1.82 bits per heavy atom. The molecule has 4 nitrogen and oxygen atoms in total. The molecule has 0 unspecified atom stereocenters. The summed E-state index contributed by atoms with van der Waals surface area (Å²) < 4.78 is 4.59. The van der Waals surface area contributed by atoms with E-state index in [1.54, 1.807) is 4.90 Å². The molecule has 0 radical (unpaired) electrons. The van der Waals surface area contributed by atoms with Gasteiger partial charge in [-0.1, -0.05) is 20.8 Å². The van der Waals surface area contributed by atoms with Gasteiger partial charge in [0.05, 0.1) is 13.5 Å². The first-order valence-electron chi connectivity index (χ1n) is 6.35. The Morgan fingerprint density at radius 3 is 2.29 bits per heavy atom. The summed E-state index contributed by atoms with van der Waals surface area (Å²) in [5.74, 6) is 0.436. The fraction of sp³-hybridized carbons (Fsp3) is 0.846. The standard InChI is InChI=1S/C13H25NO3/c1-5-6-12(15)14(9-7-11(2)3)10-8-13(16)17-4/h11H,5-10H2,1-4H3. The van der Waals surface area contributed by atoms with Gasteiger partial charge in [0.2, 0.25) is 5.91 Å². The zero-order chi connectivity index (χ0) is 13.3. The zero-order valence-corrected chi connectivity index (χ0v) is 11.5. The monoisotopic (exact) mass is 243 g/mol. The summed E-state index contributed by atoms with van der Waals surface area (Å²) in [7, 11) is 1.37. The minimum absolute atomic E-state index is 0.136.